The van der Waals surface area contributed by atoms with Crippen molar-refractivity contribution in [2.45, 2.75) is 38.4 Å². The molecule has 28 heavy (non-hydrogen) atoms. The molecule has 0 saturated heterocycles. The molecule has 9 nitrogen and oxygen atoms in total. The number of nitrogens with one attached hydrogen (secondary N) is 3. The number of fused-ring (bicyclic) bond motifs is 1. The van der Waals surface area contributed by atoms with Crippen LogP contribution in [-0.2, 0) is 20.8 Å². The number of para-hydroxylation sites is 1. The highest BCUT2D eigenvalue weighted by Crippen LogP contribution is 2.18. The van der Waals surface area contributed by atoms with Crippen molar-refractivity contribution >= 4 is 28.7 Å². The van der Waals surface area contributed by atoms with Gasteiger partial charge in [-0.05, 0) is 24.0 Å². The highest BCUT2D eigenvalue weighted by atomic mass is 16.4. The molecule has 152 valence electrons. The van der Waals surface area contributed by atoms with Gasteiger partial charge in [0.25, 0.3) is 0 Å². The SMILES string of the molecule is CC(C)[C@H](NC(=O)[C@H](CO)NC(=O)[C@@H](N)Cc1c[nH]c2ccccc12)C(=O)O. The molecule has 0 unspecified atom stereocenters. The van der Waals surface area contributed by atoms with Crippen LogP contribution in [0.4, 0.5) is 0 Å². The van der Waals surface area contributed by atoms with E-state index >= 15 is 0 Å². The van der Waals surface area contributed by atoms with Crippen molar-refractivity contribution in [2.75, 3.05) is 6.61 Å². The lowest BCUT2D eigenvalue weighted by Gasteiger charge is -2.23. The number of rotatable bonds is 9. The summed E-state index contributed by atoms with van der Waals surface area (Å²) in [7, 11) is 0. The van der Waals surface area contributed by atoms with E-state index < -0.39 is 42.5 Å². The molecule has 2 rings (SSSR count). The Morgan fingerprint density at radius 1 is 1.14 bits per heavy atom. The smallest absolute Gasteiger partial charge is 0.326 e. The number of carboxylic acids is 1. The largest absolute Gasteiger partial charge is 0.480 e. The standard InChI is InChI=1S/C19H26N4O5/c1-10(2)16(19(27)28)23-18(26)15(9-24)22-17(25)13(20)7-11-8-21-14-6-4-3-5-12(11)14/h3-6,8,10,13,15-16,21,24H,7,9,20H2,1-2H3,(H,22,25)(H,23,26)(H,27,28)/t13-,15-,16-/m0/s1. The molecule has 0 bridgehead atoms. The maximum absolute atomic E-state index is 12.4. The predicted octanol–water partition coefficient (Wildman–Crippen LogP) is -0.260. The Balaban J connectivity index is 2.00. The van der Waals surface area contributed by atoms with Crippen molar-refractivity contribution in [1.29, 1.82) is 0 Å². The van der Waals surface area contributed by atoms with Crippen molar-refractivity contribution in [3.8, 4) is 0 Å². The van der Waals surface area contributed by atoms with Gasteiger partial charge in [0.05, 0.1) is 12.6 Å². The van der Waals surface area contributed by atoms with Crippen LogP contribution in [0, 0.1) is 5.92 Å². The highest BCUT2D eigenvalue weighted by Gasteiger charge is 2.29. The fourth-order valence-corrected chi connectivity index (χ4v) is 2.87. The van der Waals surface area contributed by atoms with E-state index in [1.807, 2.05) is 24.3 Å². The number of aromatic amines is 1. The first-order valence-electron chi connectivity index (χ1n) is 8.99. The van der Waals surface area contributed by atoms with E-state index in [9.17, 15) is 19.5 Å². The Bertz CT molecular complexity index is 848. The van der Waals surface area contributed by atoms with Gasteiger partial charge in [0.15, 0.2) is 0 Å². The maximum Gasteiger partial charge on any atom is 0.326 e. The molecule has 0 fully saturated rings. The van der Waals surface area contributed by atoms with Crippen molar-refractivity contribution in [1.82, 2.24) is 15.6 Å². The summed E-state index contributed by atoms with van der Waals surface area (Å²) in [6, 6.07) is 4.23. The molecule has 7 N–H and O–H groups in total. The zero-order valence-corrected chi connectivity index (χ0v) is 15.8. The maximum atomic E-state index is 12.4. The highest BCUT2D eigenvalue weighted by molar-refractivity contribution is 5.92. The van der Waals surface area contributed by atoms with Crippen LogP contribution in [0.1, 0.15) is 19.4 Å². The van der Waals surface area contributed by atoms with Gasteiger partial charge in [0.2, 0.25) is 11.8 Å². The van der Waals surface area contributed by atoms with E-state index in [2.05, 4.69) is 15.6 Å². The van der Waals surface area contributed by atoms with Crippen LogP contribution in [0.25, 0.3) is 10.9 Å². The van der Waals surface area contributed by atoms with Gasteiger partial charge in [0.1, 0.15) is 12.1 Å². The summed E-state index contributed by atoms with van der Waals surface area (Å²) < 4.78 is 0. The van der Waals surface area contributed by atoms with E-state index in [0.29, 0.717) is 0 Å². The average Bonchev–Trinajstić information content (AvgIpc) is 3.06. The summed E-state index contributed by atoms with van der Waals surface area (Å²) in [6.45, 7) is 2.60. The number of nitrogens with two attached hydrogens (primary N) is 1. The number of aliphatic hydroxyl groups excluding tert-OH is 1. The number of carbonyl (C=O) groups excluding carboxylic acids is 2. The Morgan fingerprint density at radius 2 is 1.82 bits per heavy atom. The third kappa shape index (κ3) is 5.08. The van der Waals surface area contributed by atoms with Gasteiger partial charge in [-0.1, -0.05) is 32.0 Å². The first kappa shape index (κ1) is 21.4. The monoisotopic (exact) mass is 390 g/mol. The molecule has 1 aromatic heterocycles. The van der Waals surface area contributed by atoms with Crippen LogP contribution >= 0.6 is 0 Å². The first-order valence-corrected chi connectivity index (χ1v) is 8.99. The summed E-state index contributed by atoms with van der Waals surface area (Å²) in [5.74, 6) is -2.95. The molecule has 9 heteroatoms. The second-order valence-corrected chi connectivity index (χ2v) is 6.98. The van der Waals surface area contributed by atoms with Crippen molar-refractivity contribution < 1.29 is 24.6 Å². The summed E-state index contributed by atoms with van der Waals surface area (Å²) in [5, 5.41) is 24.3. The normalized spacial score (nSPS) is 14.5. The molecule has 2 amide bonds. The lowest BCUT2D eigenvalue weighted by molar-refractivity contribution is -0.143. The van der Waals surface area contributed by atoms with Crippen LogP contribution in [0.5, 0.6) is 0 Å². The Hall–Kier alpha value is -2.91. The van der Waals surface area contributed by atoms with Gasteiger partial charge in [-0.2, -0.15) is 0 Å². The Morgan fingerprint density at radius 3 is 2.43 bits per heavy atom. The number of H-pyrrole nitrogens is 1. The zero-order valence-electron chi connectivity index (χ0n) is 15.8. The minimum Gasteiger partial charge on any atom is -0.480 e. The molecule has 0 aliphatic carbocycles. The number of benzene rings is 1. The zero-order chi connectivity index (χ0) is 20.8. The van der Waals surface area contributed by atoms with Crippen molar-refractivity contribution in [3.05, 3.63) is 36.0 Å². The third-order valence-electron chi connectivity index (χ3n) is 4.50. The quantitative estimate of drug-likeness (QED) is 0.346. The van der Waals surface area contributed by atoms with Crippen molar-refractivity contribution in [2.24, 2.45) is 11.7 Å². The Labute approximate surface area is 162 Å². The van der Waals surface area contributed by atoms with E-state index in [-0.39, 0.29) is 12.3 Å². The summed E-state index contributed by atoms with van der Waals surface area (Å²) >= 11 is 0. The van der Waals surface area contributed by atoms with Gasteiger partial charge in [0, 0.05) is 17.1 Å². The van der Waals surface area contributed by atoms with Crippen LogP contribution < -0.4 is 16.4 Å². The van der Waals surface area contributed by atoms with Gasteiger partial charge in [-0.3, -0.25) is 9.59 Å². The number of carboxylic acid groups (broad SMARTS) is 1. The van der Waals surface area contributed by atoms with Gasteiger partial charge in [-0.25, -0.2) is 4.79 Å². The Kier molecular flexibility index (Phi) is 7.13. The summed E-state index contributed by atoms with van der Waals surface area (Å²) in [4.78, 5) is 38.9. The second-order valence-electron chi connectivity index (χ2n) is 6.98. The summed E-state index contributed by atoms with van der Waals surface area (Å²) in [5.41, 5.74) is 7.74. The van der Waals surface area contributed by atoms with Crippen molar-refractivity contribution in [3.63, 3.8) is 0 Å². The number of hydrogen-bond donors (Lipinski definition) is 6. The third-order valence-corrected chi connectivity index (χ3v) is 4.50. The topological polar surface area (TPSA) is 158 Å². The molecule has 1 heterocycles. The molecule has 0 spiro atoms. The lowest BCUT2D eigenvalue weighted by Crippen LogP contribution is -2.56. The fourth-order valence-electron chi connectivity index (χ4n) is 2.87. The molecule has 1 aromatic carbocycles. The minimum atomic E-state index is -1.29. The van der Waals surface area contributed by atoms with Crippen LogP contribution in [-0.4, -0.2) is 57.7 Å². The number of carbonyl (C=O) groups is 3. The summed E-state index contributed by atoms with van der Waals surface area (Å²) in [6.07, 6.45) is 2.01. The molecule has 0 radical (unpaired) electrons. The van der Waals surface area contributed by atoms with Gasteiger partial charge in [-0.15, -0.1) is 0 Å². The molecule has 0 aliphatic rings. The fraction of sp³-hybridized carbons (Fsp3) is 0.421. The first-order chi connectivity index (χ1) is 13.2. The number of aliphatic carboxylic acids is 1. The molecular formula is C19H26N4O5. The second kappa shape index (κ2) is 9.34. The molecule has 2 aromatic rings. The number of aliphatic hydroxyl groups is 1. The lowest BCUT2D eigenvalue weighted by atomic mass is 10.0. The predicted molar refractivity (Wildman–Crippen MR) is 103 cm³/mol. The molecular weight excluding hydrogens is 364 g/mol. The van der Waals surface area contributed by atoms with Gasteiger partial charge < -0.3 is 31.6 Å². The van der Waals surface area contributed by atoms with Crippen LogP contribution in [0.2, 0.25) is 0 Å². The van der Waals surface area contributed by atoms with Gasteiger partial charge >= 0.3 is 5.97 Å². The molecule has 0 saturated carbocycles. The number of amides is 2. The number of aromatic nitrogens is 1. The van der Waals surface area contributed by atoms with E-state index in [1.54, 1.807) is 20.0 Å². The van der Waals surface area contributed by atoms with E-state index in [0.717, 1.165) is 16.5 Å². The minimum absolute atomic E-state index is 0.235. The van der Waals surface area contributed by atoms with Crippen LogP contribution in [0.15, 0.2) is 30.5 Å². The van der Waals surface area contributed by atoms with E-state index in [4.69, 9.17) is 10.8 Å². The average molecular weight is 390 g/mol. The molecule has 0 aliphatic heterocycles. The molecule has 3 atom stereocenters. The van der Waals surface area contributed by atoms with E-state index in [1.165, 1.54) is 0 Å². The van der Waals surface area contributed by atoms with Crippen LogP contribution in [0.3, 0.4) is 0 Å². The number of hydrogen-bond acceptors (Lipinski definition) is 5.